The molecule has 1 saturated carbocycles. The lowest BCUT2D eigenvalue weighted by Crippen LogP contribution is -2.53. The molecule has 0 radical (unpaired) electrons. The van der Waals surface area contributed by atoms with E-state index in [1.807, 2.05) is 30.3 Å². The molecule has 238 valence electrons. The topological polar surface area (TPSA) is 106 Å². The number of carbonyl (C=O) groups is 2. The average Bonchev–Trinajstić information content (AvgIpc) is 3.62. The highest BCUT2D eigenvalue weighted by Crippen LogP contribution is 2.54. The number of likely N-dealkylation sites (tertiary alicyclic amines) is 1. The van der Waals surface area contributed by atoms with Gasteiger partial charge in [-0.2, -0.15) is 0 Å². The molecule has 2 fully saturated rings. The van der Waals surface area contributed by atoms with E-state index in [9.17, 15) is 19.8 Å². The number of aliphatic hydroxyl groups excluding tert-OH is 1. The number of ether oxygens (including phenoxy) is 3. The van der Waals surface area contributed by atoms with Crippen LogP contribution in [0.15, 0.2) is 48.5 Å². The number of carbonyl (C=O) groups excluding carboxylic acids is 1. The Kier molecular flexibility index (Phi) is 7.93. The molecule has 4 atom stereocenters. The van der Waals surface area contributed by atoms with Gasteiger partial charge in [-0.15, -0.1) is 0 Å². The summed E-state index contributed by atoms with van der Waals surface area (Å²) in [6, 6.07) is 12.1. The minimum absolute atomic E-state index is 0.0244. The van der Waals surface area contributed by atoms with Gasteiger partial charge < -0.3 is 29.3 Å². The van der Waals surface area contributed by atoms with Crippen molar-refractivity contribution >= 4 is 23.7 Å². The molecule has 1 amide bonds. The highest BCUT2D eigenvalue weighted by atomic mass is 35.5. The van der Waals surface area contributed by atoms with Gasteiger partial charge in [0.1, 0.15) is 23.3 Å². The number of hydrogen-bond acceptors (Lipinski definition) is 6. The van der Waals surface area contributed by atoms with E-state index in [0.717, 1.165) is 6.07 Å². The lowest BCUT2D eigenvalue weighted by atomic mass is 9.79. The Morgan fingerprint density at radius 3 is 2.42 bits per heavy atom. The molecule has 1 aliphatic carbocycles. The van der Waals surface area contributed by atoms with Gasteiger partial charge in [0.05, 0.1) is 22.7 Å². The van der Waals surface area contributed by atoms with E-state index in [-0.39, 0.29) is 23.5 Å². The fraction of sp³-hybridized carbons (Fsp3) is 0.412. The zero-order valence-electron chi connectivity index (χ0n) is 25.1. The zero-order chi connectivity index (χ0) is 32.3. The highest BCUT2D eigenvalue weighted by Gasteiger charge is 2.54. The predicted molar refractivity (Wildman–Crippen MR) is 162 cm³/mol. The number of benzene rings is 3. The van der Waals surface area contributed by atoms with E-state index in [4.69, 9.17) is 25.8 Å². The molecule has 0 spiro atoms. The number of fused-ring (bicyclic) bond motifs is 1. The first-order valence-electron chi connectivity index (χ1n) is 15.0. The van der Waals surface area contributed by atoms with Crippen molar-refractivity contribution in [3.05, 3.63) is 81.9 Å². The smallest absolute Gasteiger partial charge is 0.410 e. The van der Waals surface area contributed by atoms with E-state index in [2.05, 4.69) is 0 Å². The maximum absolute atomic E-state index is 16.4. The Labute approximate surface area is 264 Å². The van der Waals surface area contributed by atoms with E-state index in [0.29, 0.717) is 43.4 Å². The lowest BCUT2D eigenvalue weighted by Gasteiger charge is -2.40. The molecule has 0 unspecified atom stereocenters. The van der Waals surface area contributed by atoms with Gasteiger partial charge in [0.2, 0.25) is 0 Å². The van der Waals surface area contributed by atoms with Crippen molar-refractivity contribution in [1.29, 1.82) is 0 Å². The summed E-state index contributed by atoms with van der Waals surface area (Å²) in [5.74, 6) is -3.65. The van der Waals surface area contributed by atoms with Crippen LogP contribution >= 0.6 is 11.6 Å². The number of aliphatic hydroxyl groups is 1. The van der Waals surface area contributed by atoms with E-state index in [1.165, 1.54) is 12.1 Å². The quantitative estimate of drug-likeness (QED) is 0.295. The van der Waals surface area contributed by atoms with E-state index in [1.54, 1.807) is 25.7 Å². The molecule has 2 N–H and O–H groups in total. The molecule has 3 aromatic carbocycles. The summed E-state index contributed by atoms with van der Waals surface area (Å²) in [5.41, 5.74) is -2.08. The number of nitrogens with zero attached hydrogens (tertiary/aromatic N) is 1. The van der Waals surface area contributed by atoms with Crippen molar-refractivity contribution in [2.75, 3.05) is 6.54 Å². The normalized spacial score (nSPS) is 24.1. The van der Waals surface area contributed by atoms with Crippen LogP contribution in [-0.2, 0) is 16.8 Å². The van der Waals surface area contributed by atoms with Crippen molar-refractivity contribution in [2.45, 2.75) is 82.3 Å². The van der Waals surface area contributed by atoms with Gasteiger partial charge in [-0.1, -0.05) is 41.9 Å². The van der Waals surface area contributed by atoms with Crippen LogP contribution in [0.3, 0.4) is 0 Å². The SMILES string of the molecule is CC(C)(C)OC(=O)N1CCC[C@H]1[C@@]1(c2ccccc2)Cc2c(cc(F)c(Cl)c2-c2c(C(=O)O)ccc(O[C@H]3CC[C@H]3O)c2F)O1. The maximum atomic E-state index is 16.4. The molecular weight excluding hydrogens is 608 g/mol. The Morgan fingerprint density at radius 1 is 1.07 bits per heavy atom. The van der Waals surface area contributed by atoms with Crippen LogP contribution in [0.1, 0.15) is 67.9 Å². The molecule has 11 heteroatoms. The Hall–Kier alpha value is -3.89. The van der Waals surface area contributed by atoms with Gasteiger partial charge in [-0.3, -0.25) is 0 Å². The van der Waals surface area contributed by atoms with E-state index < -0.39 is 69.3 Å². The van der Waals surface area contributed by atoms with Gasteiger partial charge >= 0.3 is 12.1 Å². The Balaban J connectivity index is 1.52. The predicted octanol–water partition coefficient (Wildman–Crippen LogP) is 7.12. The van der Waals surface area contributed by atoms with Crippen LogP contribution in [0.2, 0.25) is 5.02 Å². The number of hydrogen-bond donors (Lipinski definition) is 2. The summed E-state index contributed by atoms with van der Waals surface area (Å²) in [5, 5.41) is 19.7. The molecular formula is C34H34ClF2NO7. The Morgan fingerprint density at radius 2 is 1.80 bits per heavy atom. The van der Waals surface area contributed by atoms with Crippen molar-refractivity contribution in [3.63, 3.8) is 0 Å². The molecule has 6 rings (SSSR count). The monoisotopic (exact) mass is 641 g/mol. The van der Waals surface area contributed by atoms with Crippen molar-refractivity contribution in [1.82, 2.24) is 4.90 Å². The average molecular weight is 642 g/mol. The van der Waals surface area contributed by atoms with E-state index >= 15 is 8.78 Å². The number of carboxylic acid groups (broad SMARTS) is 1. The van der Waals surface area contributed by atoms with Crippen LogP contribution < -0.4 is 9.47 Å². The summed E-state index contributed by atoms with van der Waals surface area (Å²) in [6.45, 7) is 5.74. The first kappa shape index (κ1) is 31.1. The van der Waals surface area contributed by atoms with Crippen LogP contribution in [0.4, 0.5) is 13.6 Å². The van der Waals surface area contributed by atoms with Gasteiger partial charge in [0.15, 0.2) is 17.2 Å². The molecule has 8 nitrogen and oxygen atoms in total. The van der Waals surface area contributed by atoms with Gasteiger partial charge in [0, 0.05) is 35.7 Å². The second-order valence-electron chi connectivity index (χ2n) is 12.8. The Bertz CT molecular complexity index is 1660. The number of amides is 1. The third-order valence-corrected chi connectivity index (χ3v) is 9.11. The molecule has 3 aliphatic rings. The van der Waals surface area contributed by atoms with Crippen molar-refractivity contribution in [3.8, 4) is 22.6 Å². The van der Waals surface area contributed by atoms with Crippen molar-refractivity contribution in [2.24, 2.45) is 0 Å². The summed E-state index contributed by atoms with van der Waals surface area (Å²) in [7, 11) is 0. The van der Waals surface area contributed by atoms with Crippen LogP contribution in [-0.4, -0.2) is 57.6 Å². The molecule has 0 bridgehead atoms. The molecule has 2 aliphatic heterocycles. The molecule has 1 saturated heterocycles. The largest absolute Gasteiger partial charge is 0.485 e. The first-order chi connectivity index (χ1) is 21.3. The van der Waals surface area contributed by atoms with Crippen LogP contribution in [0.25, 0.3) is 11.1 Å². The number of rotatable bonds is 6. The van der Waals surface area contributed by atoms with Gasteiger partial charge in [-0.05, 0) is 64.2 Å². The number of halogens is 3. The number of carboxylic acids is 1. The summed E-state index contributed by atoms with van der Waals surface area (Å²) in [4.78, 5) is 27.5. The minimum atomic E-state index is -1.45. The third kappa shape index (κ3) is 5.48. The van der Waals surface area contributed by atoms with Gasteiger partial charge in [0.25, 0.3) is 0 Å². The standard InChI is InChI=1S/C34H34ClF2NO7/c1-33(2,3)45-32(42)38-15-7-10-26(38)34(18-8-5-4-6-9-18)17-20-25(44-34)16-21(36)29(35)27(20)28-19(31(40)41)11-13-24(30(28)37)43-23-14-12-22(23)39/h4-6,8-9,11,13,16,22-23,26,39H,7,10,12,14-15,17H2,1-3H3,(H,40,41)/t22-,23+,26+,34+/m1/s1. The number of aromatic carboxylic acids is 1. The van der Waals surface area contributed by atoms with Gasteiger partial charge in [-0.25, -0.2) is 18.4 Å². The first-order valence-corrected chi connectivity index (χ1v) is 15.3. The highest BCUT2D eigenvalue weighted by molar-refractivity contribution is 6.34. The minimum Gasteiger partial charge on any atom is -0.485 e. The lowest BCUT2D eigenvalue weighted by molar-refractivity contribution is -0.0377. The fourth-order valence-corrected chi connectivity index (χ4v) is 6.80. The zero-order valence-corrected chi connectivity index (χ0v) is 25.9. The molecule has 2 heterocycles. The second kappa shape index (κ2) is 11.5. The summed E-state index contributed by atoms with van der Waals surface area (Å²) >= 11 is 6.57. The summed E-state index contributed by atoms with van der Waals surface area (Å²) in [6.07, 6.45) is 0.244. The van der Waals surface area contributed by atoms with Crippen molar-refractivity contribution < 1.29 is 42.8 Å². The molecule has 45 heavy (non-hydrogen) atoms. The summed E-state index contributed by atoms with van der Waals surface area (Å²) < 4.78 is 50.1. The maximum Gasteiger partial charge on any atom is 0.410 e. The molecule has 3 aromatic rings. The third-order valence-electron chi connectivity index (χ3n) is 8.74. The van der Waals surface area contributed by atoms with Crippen LogP contribution in [0.5, 0.6) is 11.5 Å². The molecule has 0 aromatic heterocycles. The van der Waals surface area contributed by atoms with Crippen LogP contribution in [0, 0.1) is 11.6 Å². The second-order valence-corrected chi connectivity index (χ2v) is 13.2. The fourth-order valence-electron chi connectivity index (χ4n) is 6.54.